The van der Waals surface area contributed by atoms with Crippen LogP contribution in [0.2, 0.25) is 0 Å². The Morgan fingerprint density at radius 1 is 0.636 bits per heavy atom. The second-order valence-electron chi connectivity index (χ2n) is 17.8. The fourth-order valence-electron chi connectivity index (χ4n) is 11.6. The highest BCUT2D eigenvalue weighted by Gasteiger charge is 2.72. The Hall–Kier alpha value is -1.70. The maximum atomic E-state index is 14.7. The number of fused-ring (bicyclic) bond motifs is 4. The number of allylic oxidation sites excluding steroid dienone is 2. The van der Waals surface area contributed by atoms with Crippen molar-refractivity contribution in [2.24, 2.45) is 35.5 Å². The van der Waals surface area contributed by atoms with Gasteiger partial charge in [-0.15, -0.1) is 0 Å². The zero-order valence-corrected chi connectivity index (χ0v) is 31.8. The van der Waals surface area contributed by atoms with Crippen molar-refractivity contribution in [3.8, 4) is 0 Å². The third-order valence-electron chi connectivity index (χ3n) is 14.5. The van der Waals surface area contributed by atoms with Crippen LogP contribution >= 0.6 is 0 Å². The van der Waals surface area contributed by atoms with Crippen molar-refractivity contribution >= 4 is 0 Å². The standard InChI is InChI=1S/C38H52F6N2O9/c1-21-5-7-27-23(29(37(39,40)41)48-31-35(27)25(21)9-12-33(3,50-31)52-54-35)11-18-47-20-46-16-14-45(15-17-46)19-24-28-8-6-22(2)26-10-13-34(4)51-32(36(26,28)55-53-34)49-30(24)38(42,43)44/h21-22,25-28,31-32H,5-20H2,1-4H3/t21-,22-,25+,26+,27+,28+,31-,32-,33-,34+,35-,36-/m1/s1. The molecule has 9 aliphatic heterocycles. The van der Waals surface area contributed by atoms with E-state index in [0.29, 0.717) is 64.7 Å². The van der Waals surface area contributed by atoms with E-state index in [1.54, 1.807) is 13.8 Å². The monoisotopic (exact) mass is 794 g/mol. The minimum absolute atomic E-state index is 0.0115. The quantitative estimate of drug-likeness (QED) is 0.150. The van der Waals surface area contributed by atoms with Crippen LogP contribution in [0.1, 0.15) is 85.5 Å². The number of hydrogen-bond donors (Lipinski definition) is 0. The van der Waals surface area contributed by atoms with Crippen molar-refractivity contribution < 1.29 is 69.6 Å². The average molecular weight is 795 g/mol. The van der Waals surface area contributed by atoms with E-state index in [2.05, 4.69) is 13.8 Å². The fourth-order valence-corrected chi connectivity index (χ4v) is 11.6. The minimum Gasteiger partial charge on any atom is -0.456 e. The van der Waals surface area contributed by atoms with E-state index < -0.39 is 71.1 Å². The molecule has 0 aromatic carbocycles. The molecular weight excluding hydrogens is 742 g/mol. The molecule has 4 bridgehead atoms. The summed E-state index contributed by atoms with van der Waals surface area (Å²) in [5.74, 6) is -5.42. The molecule has 11 aliphatic rings. The number of rotatable bonds is 7. The molecule has 0 radical (unpaired) electrons. The number of piperazine rings is 1. The van der Waals surface area contributed by atoms with Gasteiger partial charge in [0.25, 0.3) is 0 Å². The van der Waals surface area contributed by atoms with Crippen molar-refractivity contribution in [2.45, 2.75) is 133 Å². The molecule has 0 aromatic heterocycles. The van der Waals surface area contributed by atoms with Crippen LogP contribution in [0.5, 0.6) is 0 Å². The van der Waals surface area contributed by atoms with E-state index in [1.165, 1.54) is 0 Å². The maximum Gasteiger partial charge on any atom is 0.449 e. The van der Waals surface area contributed by atoms with E-state index >= 15 is 0 Å². The normalized spacial score (nSPS) is 46.1. The molecule has 12 atom stereocenters. The Morgan fingerprint density at radius 3 is 1.62 bits per heavy atom. The van der Waals surface area contributed by atoms with Crippen LogP contribution in [0.3, 0.4) is 0 Å². The molecule has 2 saturated carbocycles. The summed E-state index contributed by atoms with van der Waals surface area (Å²) in [5.41, 5.74) is -2.07. The van der Waals surface area contributed by atoms with Crippen molar-refractivity contribution in [3.63, 3.8) is 0 Å². The first-order chi connectivity index (χ1) is 26.0. The van der Waals surface area contributed by atoms with Crippen LogP contribution in [0.4, 0.5) is 26.3 Å². The smallest absolute Gasteiger partial charge is 0.449 e. The van der Waals surface area contributed by atoms with Gasteiger partial charge >= 0.3 is 12.4 Å². The number of hydrogen-bond acceptors (Lipinski definition) is 11. The van der Waals surface area contributed by atoms with E-state index in [9.17, 15) is 26.3 Å². The van der Waals surface area contributed by atoms with Gasteiger partial charge in [-0.05, 0) is 81.8 Å². The fraction of sp³-hybridized carbons (Fsp3) is 0.895. The first kappa shape index (κ1) is 38.8. The molecule has 55 heavy (non-hydrogen) atoms. The third-order valence-corrected chi connectivity index (χ3v) is 14.5. The van der Waals surface area contributed by atoms with Crippen LogP contribution in [-0.2, 0) is 43.2 Å². The Kier molecular flexibility index (Phi) is 9.46. The van der Waals surface area contributed by atoms with Crippen molar-refractivity contribution in [3.05, 3.63) is 22.7 Å². The lowest BCUT2D eigenvalue weighted by molar-refractivity contribution is -0.557. The van der Waals surface area contributed by atoms with E-state index in [1.807, 2.05) is 9.80 Å². The lowest BCUT2D eigenvalue weighted by atomic mass is 9.59. The molecule has 7 saturated heterocycles. The van der Waals surface area contributed by atoms with E-state index in [0.717, 1.165) is 12.8 Å². The Morgan fingerprint density at radius 2 is 1.11 bits per heavy atom. The second kappa shape index (κ2) is 13.4. The predicted molar refractivity (Wildman–Crippen MR) is 177 cm³/mol. The minimum atomic E-state index is -4.73. The summed E-state index contributed by atoms with van der Waals surface area (Å²) in [7, 11) is 0. The molecule has 310 valence electrons. The van der Waals surface area contributed by atoms with Crippen LogP contribution in [-0.4, -0.2) is 104 Å². The molecule has 0 amide bonds. The summed E-state index contributed by atoms with van der Waals surface area (Å²) in [5, 5.41) is 0. The predicted octanol–water partition coefficient (Wildman–Crippen LogP) is 7.09. The van der Waals surface area contributed by atoms with Crippen LogP contribution in [0, 0.1) is 35.5 Å². The summed E-state index contributed by atoms with van der Waals surface area (Å²) >= 11 is 0. The van der Waals surface area contributed by atoms with E-state index in [4.69, 9.17) is 43.2 Å². The zero-order valence-electron chi connectivity index (χ0n) is 31.8. The topological polar surface area (TPSA) is 89.6 Å². The zero-order chi connectivity index (χ0) is 38.8. The van der Waals surface area contributed by atoms with Gasteiger partial charge in [-0.3, -0.25) is 9.80 Å². The molecule has 0 unspecified atom stereocenters. The van der Waals surface area contributed by atoms with E-state index in [-0.39, 0.29) is 61.1 Å². The first-order valence-corrected chi connectivity index (χ1v) is 20.0. The molecule has 2 aliphatic carbocycles. The Bertz CT molecular complexity index is 1570. The highest BCUT2D eigenvalue weighted by molar-refractivity contribution is 5.30. The lowest BCUT2D eigenvalue weighted by Crippen LogP contribution is -2.68. The molecule has 2 spiro atoms. The van der Waals surface area contributed by atoms with Gasteiger partial charge in [-0.25, -0.2) is 19.6 Å². The molecule has 11 rings (SSSR count). The molecule has 11 nitrogen and oxygen atoms in total. The second-order valence-corrected chi connectivity index (χ2v) is 17.8. The van der Waals surface area contributed by atoms with Gasteiger partial charge < -0.3 is 23.7 Å². The average Bonchev–Trinajstić information content (AvgIpc) is 3.50. The van der Waals surface area contributed by atoms with Crippen LogP contribution < -0.4 is 0 Å². The molecular formula is C38H52F6N2O9. The summed E-state index contributed by atoms with van der Waals surface area (Å²) < 4.78 is 117. The van der Waals surface area contributed by atoms with Gasteiger partial charge in [0.2, 0.25) is 35.7 Å². The van der Waals surface area contributed by atoms with Crippen molar-refractivity contribution in [2.75, 3.05) is 46.1 Å². The number of alkyl halides is 6. The molecule has 9 fully saturated rings. The van der Waals surface area contributed by atoms with Gasteiger partial charge in [-0.2, -0.15) is 26.3 Å². The van der Waals surface area contributed by atoms with Crippen molar-refractivity contribution in [1.29, 1.82) is 0 Å². The molecule has 0 N–H and O–H groups in total. The van der Waals surface area contributed by atoms with Gasteiger partial charge in [0, 0.05) is 69.2 Å². The number of nitrogens with zero attached hydrogens (tertiary/aromatic N) is 2. The third kappa shape index (κ3) is 6.27. The molecule has 17 heteroatoms. The largest absolute Gasteiger partial charge is 0.456 e. The van der Waals surface area contributed by atoms with Gasteiger partial charge in [0.1, 0.15) is 0 Å². The highest BCUT2D eigenvalue weighted by Crippen LogP contribution is 2.63. The summed E-state index contributed by atoms with van der Waals surface area (Å²) in [6.07, 6.45) is -7.10. The Balaban J connectivity index is 0.856. The SMILES string of the molecule is C[C@@H]1CC[C@H]2C(CCOCN3CCN(CC4=C(C(F)(F)F)O[C@@H]5O[C@]6(C)CC[C@H]7[C@H](C)CC[C@@H]4[C@@]57OO6)CC3)=C(C(F)(F)F)O[C@@H]3O[C@@]4(C)CC[C@@H]1[C@]32OO4. The van der Waals surface area contributed by atoms with Gasteiger partial charge in [0.05, 0.1) is 13.3 Å². The summed E-state index contributed by atoms with van der Waals surface area (Å²) in [6.45, 7) is 9.72. The van der Waals surface area contributed by atoms with Crippen LogP contribution in [0.25, 0.3) is 0 Å². The number of halogens is 6. The summed E-state index contributed by atoms with van der Waals surface area (Å²) in [6, 6.07) is 0. The van der Waals surface area contributed by atoms with Crippen molar-refractivity contribution in [1.82, 2.24) is 9.80 Å². The molecule has 9 heterocycles. The molecule has 0 aromatic rings. The highest BCUT2D eigenvalue weighted by atomic mass is 19.4. The van der Waals surface area contributed by atoms with Gasteiger partial charge in [0.15, 0.2) is 11.2 Å². The maximum absolute atomic E-state index is 14.7. The first-order valence-electron chi connectivity index (χ1n) is 20.0. The Labute approximate surface area is 316 Å². The van der Waals surface area contributed by atoms with Crippen LogP contribution in [0.15, 0.2) is 22.7 Å². The summed E-state index contributed by atoms with van der Waals surface area (Å²) in [4.78, 5) is 27.7. The number of ether oxygens (including phenoxy) is 5. The lowest BCUT2D eigenvalue weighted by Gasteiger charge is -2.57. The van der Waals surface area contributed by atoms with Gasteiger partial charge in [-0.1, -0.05) is 13.8 Å².